The highest BCUT2D eigenvalue weighted by Gasteiger charge is 2.33. The minimum absolute atomic E-state index is 0. The number of hydrogen-bond acceptors (Lipinski definition) is 3. The number of benzene rings is 1. The largest absolute Gasteiger partial charge is 0.343 e. The maximum atomic E-state index is 12.9. The molecule has 0 bridgehead atoms. The molecule has 1 N–H and O–H groups in total. The average molecular weight is 378 g/mol. The van der Waals surface area contributed by atoms with Gasteiger partial charge >= 0.3 is 0 Å². The number of anilines is 1. The molecule has 2 fully saturated rings. The number of likely N-dealkylation sites (tertiary alicyclic amines) is 1. The third-order valence-corrected chi connectivity index (χ3v) is 5.98. The molecule has 2 saturated heterocycles. The van der Waals surface area contributed by atoms with E-state index in [1.165, 1.54) is 5.56 Å². The van der Waals surface area contributed by atoms with Crippen molar-refractivity contribution in [2.24, 2.45) is 11.8 Å². The van der Waals surface area contributed by atoms with Gasteiger partial charge in [-0.05, 0) is 56.3 Å². The van der Waals surface area contributed by atoms with Gasteiger partial charge in [0.15, 0.2) is 0 Å². The van der Waals surface area contributed by atoms with Crippen LogP contribution < -0.4 is 10.2 Å². The predicted molar refractivity (Wildman–Crippen MR) is 105 cm³/mol. The molecule has 1 aromatic rings. The van der Waals surface area contributed by atoms with Crippen LogP contribution in [0.3, 0.4) is 0 Å². The fraction of sp³-hybridized carbons (Fsp3) is 0.600. The van der Waals surface area contributed by atoms with Crippen molar-refractivity contribution in [2.75, 3.05) is 37.6 Å². The van der Waals surface area contributed by atoms with Crippen LogP contribution in [0.4, 0.5) is 5.69 Å². The Morgan fingerprint density at radius 2 is 1.85 bits per heavy atom. The minimum Gasteiger partial charge on any atom is -0.343 e. The summed E-state index contributed by atoms with van der Waals surface area (Å²) in [6, 6.07) is 8.21. The van der Waals surface area contributed by atoms with E-state index in [1.807, 2.05) is 21.9 Å². The van der Waals surface area contributed by atoms with E-state index in [4.69, 9.17) is 0 Å². The molecular formula is C20H28ClN3O2. The van der Waals surface area contributed by atoms with E-state index < -0.39 is 0 Å². The second kappa shape index (κ2) is 8.40. The van der Waals surface area contributed by atoms with Gasteiger partial charge in [0.1, 0.15) is 0 Å². The molecule has 5 nitrogen and oxygen atoms in total. The number of rotatable bonds is 3. The van der Waals surface area contributed by atoms with Gasteiger partial charge < -0.3 is 15.1 Å². The second-order valence-corrected chi connectivity index (χ2v) is 7.59. The Morgan fingerprint density at radius 1 is 1.08 bits per heavy atom. The third-order valence-electron chi connectivity index (χ3n) is 5.98. The Bertz CT molecular complexity index is 652. The number of nitrogens with one attached hydrogen (secondary N) is 1. The number of fused-ring (bicyclic) bond motifs is 1. The van der Waals surface area contributed by atoms with Crippen molar-refractivity contribution in [2.45, 2.75) is 32.1 Å². The predicted octanol–water partition coefficient (Wildman–Crippen LogP) is 2.24. The van der Waals surface area contributed by atoms with Crippen molar-refractivity contribution in [1.82, 2.24) is 10.2 Å². The maximum absolute atomic E-state index is 12.9. The van der Waals surface area contributed by atoms with E-state index in [9.17, 15) is 9.59 Å². The van der Waals surface area contributed by atoms with Gasteiger partial charge in [-0.2, -0.15) is 0 Å². The number of carbonyl (C=O) groups excluding carboxylic acids is 2. The third kappa shape index (κ3) is 3.89. The number of amides is 2. The maximum Gasteiger partial charge on any atom is 0.230 e. The van der Waals surface area contributed by atoms with Crippen LogP contribution in [-0.4, -0.2) is 49.4 Å². The molecule has 142 valence electrons. The highest BCUT2D eigenvalue weighted by molar-refractivity contribution is 5.97. The summed E-state index contributed by atoms with van der Waals surface area (Å²) in [7, 11) is 0. The molecule has 0 aliphatic carbocycles. The first-order valence-electron chi connectivity index (χ1n) is 9.60. The fourth-order valence-corrected chi connectivity index (χ4v) is 4.43. The molecule has 0 radical (unpaired) electrons. The zero-order chi connectivity index (χ0) is 17.2. The lowest BCUT2D eigenvalue weighted by molar-refractivity contribution is -0.135. The summed E-state index contributed by atoms with van der Waals surface area (Å²) >= 11 is 0. The number of nitrogens with zero attached hydrogens (tertiary/aromatic N) is 2. The summed E-state index contributed by atoms with van der Waals surface area (Å²) in [5.74, 6) is 1.07. The number of para-hydroxylation sites is 1. The van der Waals surface area contributed by atoms with Gasteiger partial charge in [0.25, 0.3) is 0 Å². The van der Waals surface area contributed by atoms with Crippen molar-refractivity contribution in [1.29, 1.82) is 0 Å². The summed E-state index contributed by atoms with van der Waals surface area (Å²) in [6.07, 6.45) is 4.31. The van der Waals surface area contributed by atoms with Crippen LogP contribution in [0.1, 0.15) is 31.2 Å². The number of carbonyl (C=O) groups is 2. The molecule has 0 saturated carbocycles. The van der Waals surface area contributed by atoms with E-state index in [1.54, 1.807) is 0 Å². The fourth-order valence-electron chi connectivity index (χ4n) is 4.43. The molecule has 3 aliphatic heterocycles. The molecule has 6 heteroatoms. The van der Waals surface area contributed by atoms with Gasteiger partial charge in [-0.3, -0.25) is 9.59 Å². The Labute approximate surface area is 161 Å². The molecule has 0 spiro atoms. The zero-order valence-corrected chi connectivity index (χ0v) is 16.0. The van der Waals surface area contributed by atoms with Crippen LogP contribution in [0.15, 0.2) is 24.3 Å². The standard InChI is InChI=1S/C20H27N3O2.ClH/c24-19(13-15-5-9-21-14-15)22-10-6-17(7-11-22)20(25)23-12-8-16-3-1-2-4-18(16)23;/h1-4,15,17,21H,5-14H2;1H. The molecule has 3 heterocycles. The van der Waals surface area contributed by atoms with Gasteiger partial charge in [-0.1, -0.05) is 18.2 Å². The molecule has 2 amide bonds. The van der Waals surface area contributed by atoms with Crippen molar-refractivity contribution >= 4 is 29.9 Å². The van der Waals surface area contributed by atoms with E-state index in [0.717, 1.165) is 64.1 Å². The van der Waals surface area contributed by atoms with Crippen molar-refractivity contribution < 1.29 is 9.59 Å². The van der Waals surface area contributed by atoms with Crippen LogP contribution >= 0.6 is 12.4 Å². The number of piperidine rings is 1. The molecular weight excluding hydrogens is 350 g/mol. The molecule has 26 heavy (non-hydrogen) atoms. The summed E-state index contributed by atoms with van der Waals surface area (Å²) in [5, 5.41) is 3.32. The normalized spacial score (nSPS) is 22.8. The molecule has 1 aromatic carbocycles. The summed E-state index contributed by atoms with van der Waals surface area (Å²) in [5.41, 5.74) is 2.35. The van der Waals surface area contributed by atoms with Crippen LogP contribution in [0.5, 0.6) is 0 Å². The quantitative estimate of drug-likeness (QED) is 0.878. The number of hydrogen-bond donors (Lipinski definition) is 1. The first-order valence-corrected chi connectivity index (χ1v) is 9.60. The zero-order valence-electron chi connectivity index (χ0n) is 15.2. The van der Waals surface area contributed by atoms with Crippen molar-refractivity contribution in [3.05, 3.63) is 29.8 Å². The summed E-state index contributed by atoms with van der Waals surface area (Å²) < 4.78 is 0. The van der Waals surface area contributed by atoms with E-state index in [2.05, 4.69) is 17.4 Å². The first kappa shape index (κ1) is 19.2. The summed E-state index contributed by atoms with van der Waals surface area (Å²) in [4.78, 5) is 29.3. The smallest absolute Gasteiger partial charge is 0.230 e. The van der Waals surface area contributed by atoms with E-state index in [-0.39, 0.29) is 30.1 Å². The van der Waals surface area contributed by atoms with Gasteiger partial charge in [0, 0.05) is 37.7 Å². The molecule has 0 aromatic heterocycles. The van der Waals surface area contributed by atoms with E-state index >= 15 is 0 Å². The summed E-state index contributed by atoms with van der Waals surface area (Å²) in [6.45, 7) is 4.25. The Morgan fingerprint density at radius 3 is 2.58 bits per heavy atom. The Balaban J connectivity index is 0.00000196. The van der Waals surface area contributed by atoms with Crippen LogP contribution in [0, 0.1) is 11.8 Å². The average Bonchev–Trinajstić information content (AvgIpc) is 3.31. The highest BCUT2D eigenvalue weighted by atomic mass is 35.5. The van der Waals surface area contributed by atoms with Crippen LogP contribution in [0.2, 0.25) is 0 Å². The Hall–Kier alpha value is -1.59. The molecule has 4 rings (SSSR count). The van der Waals surface area contributed by atoms with Crippen LogP contribution in [-0.2, 0) is 16.0 Å². The van der Waals surface area contributed by atoms with Crippen LogP contribution in [0.25, 0.3) is 0 Å². The monoisotopic (exact) mass is 377 g/mol. The van der Waals surface area contributed by atoms with Gasteiger partial charge in [-0.15, -0.1) is 12.4 Å². The molecule has 3 aliphatic rings. The highest BCUT2D eigenvalue weighted by Crippen LogP contribution is 2.31. The second-order valence-electron chi connectivity index (χ2n) is 7.59. The van der Waals surface area contributed by atoms with E-state index in [0.29, 0.717) is 12.3 Å². The van der Waals surface area contributed by atoms with Gasteiger partial charge in [0.2, 0.25) is 11.8 Å². The van der Waals surface area contributed by atoms with Gasteiger partial charge in [0.05, 0.1) is 0 Å². The first-order chi connectivity index (χ1) is 12.2. The number of halogens is 1. The SMILES string of the molecule is Cl.O=C(CC1CCNC1)N1CCC(C(=O)N2CCc3ccccc32)CC1. The van der Waals surface area contributed by atoms with Crippen molar-refractivity contribution in [3.63, 3.8) is 0 Å². The van der Waals surface area contributed by atoms with Gasteiger partial charge in [-0.25, -0.2) is 0 Å². The lowest BCUT2D eigenvalue weighted by Gasteiger charge is -2.33. The molecule has 1 unspecified atom stereocenters. The minimum atomic E-state index is 0. The lowest BCUT2D eigenvalue weighted by Crippen LogP contribution is -2.44. The molecule has 1 atom stereocenters. The Kier molecular flexibility index (Phi) is 6.20. The lowest BCUT2D eigenvalue weighted by atomic mass is 9.94. The van der Waals surface area contributed by atoms with Crippen molar-refractivity contribution in [3.8, 4) is 0 Å². The topological polar surface area (TPSA) is 52.7 Å².